The fraction of sp³-hybridized carbons (Fsp3) is 0.286. The van der Waals surface area contributed by atoms with E-state index in [1.807, 2.05) is 41.3 Å². The van der Waals surface area contributed by atoms with Gasteiger partial charge in [-0.05, 0) is 55.2 Å². The highest BCUT2D eigenvalue weighted by atomic mass is 35.5. The summed E-state index contributed by atoms with van der Waals surface area (Å²) in [5.41, 5.74) is 1.08. The van der Waals surface area contributed by atoms with Crippen LogP contribution >= 0.6 is 22.9 Å². The highest BCUT2D eigenvalue weighted by Gasteiger charge is 2.46. The predicted molar refractivity (Wildman–Crippen MR) is 104 cm³/mol. The molecule has 1 amide bonds. The molecule has 1 fully saturated rings. The van der Waals surface area contributed by atoms with Crippen LogP contribution in [0.15, 0.2) is 59.2 Å². The maximum atomic E-state index is 13.2. The minimum Gasteiger partial charge on any atom is -0.467 e. The summed E-state index contributed by atoms with van der Waals surface area (Å²) in [6, 6.07) is 15.8. The third kappa shape index (κ3) is 3.71. The third-order valence-electron chi connectivity index (χ3n) is 4.79. The number of benzene rings is 1. The van der Waals surface area contributed by atoms with Crippen molar-refractivity contribution in [3.05, 3.63) is 80.9 Å². The number of carbonyl (C=O) groups is 1. The Bertz CT molecular complexity index is 902. The Morgan fingerprint density at radius 1 is 1.19 bits per heavy atom. The summed E-state index contributed by atoms with van der Waals surface area (Å²) >= 11 is 8.05. The molecule has 0 N–H and O–H groups in total. The summed E-state index contributed by atoms with van der Waals surface area (Å²) in [6.07, 6.45) is 2.51. The molecule has 1 aliphatic rings. The van der Waals surface area contributed by atoms with Crippen LogP contribution in [0.3, 0.4) is 0 Å². The first-order valence-corrected chi connectivity index (χ1v) is 9.92. The summed E-state index contributed by atoms with van der Waals surface area (Å²) in [4.78, 5) is 17.5. The first-order chi connectivity index (χ1) is 12.6. The molecule has 0 bridgehead atoms. The summed E-state index contributed by atoms with van der Waals surface area (Å²) in [7, 11) is 0. The van der Waals surface area contributed by atoms with Crippen molar-refractivity contribution in [1.82, 2.24) is 4.90 Å². The van der Waals surface area contributed by atoms with E-state index < -0.39 is 0 Å². The van der Waals surface area contributed by atoms with Gasteiger partial charge in [0.05, 0.1) is 19.4 Å². The number of carbonyl (C=O) groups excluding carboxylic acids is 1. The van der Waals surface area contributed by atoms with E-state index in [0.717, 1.165) is 22.8 Å². The van der Waals surface area contributed by atoms with Crippen LogP contribution < -0.4 is 0 Å². The number of rotatable bonds is 6. The maximum absolute atomic E-state index is 13.2. The van der Waals surface area contributed by atoms with Crippen molar-refractivity contribution in [3.8, 4) is 0 Å². The molecule has 0 aliphatic heterocycles. The smallest absolute Gasteiger partial charge is 0.227 e. The van der Waals surface area contributed by atoms with Crippen LogP contribution in [0, 0.1) is 12.8 Å². The molecule has 5 heteroatoms. The summed E-state index contributed by atoms with van der Waals surface area (Å²) in [5.74, 6) is 1.21. The molecule has 2 unspecified atom stereocenters. The zero-order chi connectivity index (χ0) is 18.1. The van der Waals surface area contributed by atoms with Crippen molar-refractivity contribution < 1.29 is 9.21 Å². The molecule has 1 aromatic carbocycles. The van der Waals surface area contributed by atoms with Crippen molar-refractivity contribution >= 4 is 28.8 Å². The van der Waals surface area contributed by atoms with Crippen molar-refractivity contribution in [2.75, 3.05) is 0 Å². The molecule has 1 saturated carbocycles. The Balaban J connectivity index is 1.51. The van der Waals surface area contributed by atoms with Gasteiger partial charge in [0.25, 0.3) is 0 Å². The van der Waals surface area contributed by atoms with Crippen LogP contribution in [0.25, 0.3) is 0 Å². The van der Waals surface area contributed by atoms with Gasteiger partial charge in [-0.15, -0.1) is 11.3 Å². The normalized spacial score (nSPS) is 18.7. The largest absolute Gasteiger partial charge is 0.467 e. The first-order valence-electron chi connectivity index (χ1n) is 8.72. The quantitative estimate of drug-likeness (QED) is 0.550. The third-order valence-corrected chi connectivity index (χ3v) is 6.12. The van der Waals surface area contributed by atoms with Crippen molar-refractivity contribution in [2.45, 2.75) is 32.4 Å². The van der Waals surface area contributed by atoms with Gasteiger partial charge in [-0.2, -0.15) is 0 Å². The van der Waals surface area contributed by atoms with Crippen LogP contribution in [-0.4, -0.2) is 10.8 Å². The Hall–Kier alpha value is -2.04. The number of hydrogen-bond donors (Lipinski definition) is 0. The molecule has 2 atom stereocenters. The number of nitrogens with zero attached hydrogens (tertiary/aromatic N) is 1. The lowest BCUT2D eigenvalue weighted by Crippen LogP contribution is -2.31. The Morgan fingerprint density at radius 2 is 2.04 bits per heavy atom. The Labute approximate surface area is 162 Å². The topological polar surface area (TPSA) is 33.5 Å². The maximum Gasteiger partial charge on any atom is 0.227 e. The van der Waals surface area contributed by atoms with Crippen LogP contribution in [0.2, 0.25) is 5.02 Å². The van der Waals surface area contributed by atoms with E-state index in [1.165, 1.54) is 9.75 Å². The number of aryl methyl sites for hydroxylation is 1. The van der Waals surface area contributed by atoms with Gasteiger partial charge in [0.1, 0.15) is 5.76 Å². The molecule has 1 aliphatic carbocycles. The van der Waals surface area contributed by atoms with E-state index in [9.17, 15) is 4.79 Å². The molecule has 0 radical (unpaired) electrons. The molecule has 26 heavy (non-hydrogen) atoms. The van der Waals surface area contributed by atoms with E-state index in [1.54, 1.807) is 17.6 Å². The number of furan rings is 1. The second-order valence-electron chi connectivity index (χ2n) is 6.76. The molecule has 0 saturated heterocycles. The van der Waals surface area contributed by atoms with E-state index in [2.05, 4.69) is 19.1 Å². The molecule has 3 aromatic rings. The van der Waals surface area contributed by atoms with E-state index in [0.29, 0.717) is 13.1 Å². The first kappa shape index (κ1) is 17.4. The lowest BCUT2D eigenvalue weighted by atomic mass is 10.1. The van der Waals surface area contributed by atoms with Gasteiger partial charge in [-0.1, -0.05) is 29.8 Å². The standard InChI is InChI=1S/C21H20ClNO2S/c1-14-8-9-16(26-14)13-23(12-15-5-4-10-25-15)21(24)19-11-18(19)17-6-2-3-7-20(17)22/h2-10,18-19H,11-13H2,1H3. The highest BCUT2D eigenvalue weighted by molar-refractivity contribution is 7.11. The fourth-order valence-corrected chi connectivity index (χ4v) is 4.56. The minimum atomic E-state index is 0.00548. The van der Waals surface area contributed by atoms with Gasteiger partial charge in [0, 0.05) is 20.7 Å². The summed E-state index contributed by atoms with van der Waals surface area (Å²) in [6.45, 7) is 3.19. The summed E-state index contributed by atoms with van der Waals surface area (Å²) in [5, 5.41) is 0.749. The Kier molecular flexibility index (Phi) is 4.88. The Morgan fingerprint density at radius 3 is 2.73 bits per heavy atom. The number of thiophene rings is 1. The van der Waals surface area contributed by atoms with E-state index >= 15 is 0 Å². The van der Waals surface area contributed by atoms with Crippen LogP contribution in [0.4, 0.5) is 0 Å². The van der Waals surface area contributed by atoms with Crippen molar-refractivity contribution in [3.63, 3.8) is 0 Å². The predicted octanol–water partition coefficient (Wildman–Crippen LogP) is 5.64. The number of amides is 1. The van der Waals surface area contributed by atoms with Gasteiger partial charge >= 0.3 is 0 Å². The molecule has 2 aromatic heterocycles. The van der Waals surface area contributed by atoms with Gasteiger partial charge in [-0.3, -0.25) is 4.79 Å². The van der Waals surface area contributed by atoms with E-state index in [4.69, 9.17) is 16.0 Å². The molecular formula is C21H20ClNO2S. The lowest BCUT2D eigenvalue weighted by Gasteiger charge is -2.21. The molecule has 4 rings (SSSR count). The molecule has 2 heterocycles. The van der Waals surface area contributed by atoms with Crippen LogP contribution in [-0.2, 0) is 17.9 Å². The van der Waals surface area contributed by atoms with Crippen molar-refractivity contribution in [1.29, 1.82) is 0 Å². The van der Waals surface area contributed by atoms with Crippen LogP contribution in [0.1, 0.15) is 33.4 Å². The molecule has 3 nitrogen and oxygen atoms in total. The lowest BCUT2D eigenvalue weighted by molar-refractivity contribution is -0.134. The zero-order valence-electron chi connectivity index (χ0n) is 14.5. The average Bonchev–Trinajstić information content (AvgIpc) is 3.03. The highest BCUT2D eigenvalue weighted by Crippen LogP contribution is 2.50. The summed E-state index contributed by atoms with van der Waals surface area (Å²) < 4.78 is 5.48. The molecular weight excluding hydrogens is 366 g/mol. The SMILES string of the molecule is Cc1ccc(CN(Cc2ccco2)C(=O)C2CC2c2ccccc2Cl)s1. The fourth-order valence-electron chi connectivity index (χ4n) is 3.38. The minimum absolute atomic E-state index is 0.00548. The average molecular weight is 386 g/mol. The van der Waals surface area contributed by atoms with Gasteiger partial charge in [-0.25, -0.2) is 0 Å². The molecule has 134 valence electrons. The molecule has 0 spiro atoms. The van der Waals surface area contributed by atoms with E-state index in [-0.39, 0.29) is 17.7 Å². The van der Waals surface area contributed by atoms with Crippen LogP contribution in [0.5, 0.6) is 0 Å². The van der Waals surface area contributed by atoms with Gasteiger partial charge < -0.3 is 9.32 Å². The monoisotopic (exact) mass is 385 g/mol. The second kappa shape index (κ2) is 7.29. The number of halogens is 1. The zero-order valence-corrected chi connectivity index (χ0v) is 16.1. The second-order valence-corrected chi connectivity index (χ2v) is 8.54. The number of hydrogen-bond acceptors (Lipinski definition) is 3. The van der Waals surface area contributed by atoms with Crippen molar-refractivity contribution in [2.24, 2.45) is 5.92 Å². The van der Waals surface area contributed by atoms with Gasteiger partial charge in [0.15, 0.2) is 0 Å². The van der Waals surface area contributed by atoms with Gasteiger partial charge in [0.2, 0.25) is 5.91 Å².